The molecule has 0 aliphatic heterocycles. The van der Waals surface area contributed by atoms with Gasteiger partial charge < -0.3 is 9.47 Å². The lowest BCUT2D eigenvalue weighted by molar-refractivity contribution is -0.160. The number of rotatable bonds is 9. The predicted octanol–water partition coefficient (Wildman–Crippen LogP) is 4.85. The molecule has 146 valence electrons. The van der Waals surface area contributed by atoms with Crippen molar-refractivity contribution in [3.63, 3.8) is 0 Å². The fourth-order valence-electron chi connectivity index (χ4n) is 3.78. The Hall–Kier alpha value is -1.06. The molecular formula is C21H38O4. The van der Waals surface area contributed by atoms with E-state index in [1.165, 1.54) is 6.42 Å². The molecule has 4 nitrogen and oxygen atoms in total. The summed E-state index contributed by atoms with van der Waals surface area (Å²) in [5.74, 6) is 0.950. The number of ether oxygens (including phenoxy) is 2. The molecule has 1 rings (SSSR count). The van der Waals surface area contributed by atoms with Crippen LogP contribution in [0.5, 0.6) is 0 Å². The zero-order valence-corrected chi connectivity index (χ0v) is 17.0. The van der Waals surface area contributed by atoms with E-state index < -0.39 is 0 Å². The van der Waals surface area contributed by atoms with Gasteiger partial charge in [0.1, 0.15) is 0 Å². The summed E-state index contributed by atoms with van der Waals surface area (Å²) in [4.78, 5) is 25.0. The highest BCUT2D eigenvalue weighted by Crippen LogP contribution is 2.41. The zero-order chi connectivity index (χ0) is 19.0. The zero-order valence-electron chi connectivity index (χ0n) is 17.0. The Morgan fingerprint density at radius 1 is 0.840 bits per heavy atom. The molecule has 1 aliphatic carbocycles. The van der Waals surface area contributed by atoms with E-state index in [1.54, 1.807) is 0 Å². The number of esters is 2. The van der Waals surface area contributed by atoms with Gasteiger partial charge in [-0.1, -0.05) is 54.4 Å². The minimum absolute atomic E-state index is 0.150. The molecule has 25 heavy (non-hydrogen) atoms. The molecule has 0 aromatic carbocycles. The quantitative estimate of drug-likeness (QED) is 0.555. The number of carbonyl (C=O) groups is 2. The van der Waals surface area contributed by atoms with Gasteiger partial charge in [-0.2, -0.15) is 0 Å². The minimum atomic E-state index is -0.369. The summed E-state index contributed by atoms with van der Waals surface area (Å²) in [6.45, 7) is 13.3. The van der Waals surface area contributed by atoms with E-state index in [0.29, 0.717) is 36.9 Å². The highest BCUT2D eigenvalue weighted by atomic mass is 16.5. The van der Waals surface area contributed by atoms with Crippen LogP contribution in [0.25, 0.3) is 0 Å². The first kappa shape index (κ1) is 22.0. The van der Waals surface area contributed by atoms with E-state index in [9.17, 15) is 9.59 Å². The van der Waals surface area contributed by atoms with Gasteiger partial charge in [0.15, 0.2) is 0 Å². The Kier molecular flexibility index (Phi) is 9.52. The third-order valence-electron chi connectivity index (χ3n) is 5.07. The van der Waals surface area contributed by atoms with Crippen LogP contribution in [0, 0.1) is 35.5 Å². The molecule has 0 spiro atoms. The first-order chi connectivity index (χ1) is 11.7. The fourth-order valence-corrected chi connectivity index (χ4v) is 3.78. The van der Waals surface area contributed by atoms with Crippen molar-refractivity contribution < 1.29 is 19.1 Å². The lowest BCUT2D eigenvalue weighted by Gasteiger charge is -2.38. The second-order valence-electron chi connectivity index (χ2n) is 8.77. The van der Waals surface area contributed by atoms with Gasteiger partial charge >= 0.3 is 11.9 Å². The second kappa shape index (κ2) is 10.8. The van der Waals surface area contributed by atoms with Gasteiger partial charge in [0, 0.05) is 0 Å². The Bertz CT molecular complexity index is 414. The maximum atomic E-state index is 12.8. The van der Waals surface area contributed by atoms with Gasteiger partial charge in [-0.3, -0.25) is 9.59 Å². The standard InChI is InChI=1S/C21H38O4/c1-14(2)12-24-20(22)11-19(21(23)25-13-15(3)4)18-10-8-7-9-17(18)16(5)6/h14-19H,7-13H2,1-6H3. The van der Waals surface area contributed by atoms with Crippen molar-refractivity contribution in [1.82, 2.24) is 0 Å². The first-order valence-electron chi connectivity index (χ1n) is 10.0. The first-order valence-corrected chi connectivity index (χ1v) is 10.0. The van der Waals surface area contributed by atoms with Crippen molar-refractivity contribution in [1.29, 1.82) is 0 Å². The molecule has 0 amide bonds. The number of hydrogen-bond acceptors (Lipinski definition) is 4. The van der Waals surface area contributed by atoms with Crippen LogP contribution in [0.1, 0.15) is 73.6 Å². The maximum absolute atomic E-state index is 12.8. The van der Waals surface area contributed by atoms with Gasteiger partial charge in [-0.05, 0) is 42.4 Å². The van der Waals surface area contributed by atoms with Crippen LogP contribution in [0.4, 0.5) is 0 Å². The van der Waals surface area contributed by atoms with E-state index in [4.69, 9.17) is 9.47 Å². The molecule has 0 heterocycles. The Balaban J connectivity index is 2.85. The molecule has 3 atom stereocenters. The van der Waals surface area contributed by atoms with Crippen molar-refractivity contribution in [2.24, 2.45) is 35.5 Å². The second-order valence-corrected chi connectivity index (χ2v) is 8.77. The van der Waals surface area contributed by atoms with Crippen LogP contribution in [-0.4, -0.2) is 25.2 Å². The van der Waals surface area contributed by atoms with Crippen LogP contribution in [0.2, 0.25) is 0 Å². The Morgan fingerprint density at radius 2 is 1.36 bits per heavy atom. The van der Waals surface area contributed by atoms with Crippen molar-refractivity contribution in [3.8, 4) is 0 Å². The average molecular weight is 355 g/mol. The lowest BCUT2D eigenvalue weighted by Crippen LogP contribution is -2.37. The smallest absolute Gasteiger partial charge is 0.309 e. The van der Waals surface area contributed by atoms with Crippen molar-refractivity contribution in [3.05, 3.63) is 0 Å². The van der Waals surface area contributed by atoms with E-state index in [-0.39, 0.29) is 30.2 Å². The molecule has 0 aromatic heterocycles. The monoisotopic (exact) mass is 354 g/mol. The molecule has 0 N–H and O–H groups in total. The van der Waals surface area contributed by atoms with Gasteiger partial charge in [-0.15, -0.1) is 0 Å². The lowest BCUT2D eigenvalue weighted by atomic mass is 9.67. The average Bonchev–Trinajstić information content (AvgIpc) is 2.55. The number of hydrogen-bond donors (Lipinski definition) is 0. The molecule has 0 aromatic rings. The van der Waals surface area contributed by atoms with Crippen LogP contribution < -0.4 is 0 Å². The molecule has 1 fully saturated rings. The van der Waals surface area contributed by atoms with Crippen LogP contribution >= 0.6 is 0 Å². The van der Waals surface area contributed by atoms with Gasteiger partial charge in [0.2, 0.25) is 0 Å². The topological polar surface area (TPSA) is 52.6 Å². The SMILES string of the molecule is CC(C)COC(=O)CC(C(=O)OCC(C)C)C1CCCCC1C(C)C. The summed E-state index contributed by atoms with van der Waals surface area (Å²) in [6, 6.07) is 0. The fraction of sp³-hybridized carbons (Fsp3) is 0.905. The van der Waals surface area contributed by atoms with Crippen molar-refractivity contribution in [2.75, 3.05) is 13.2 Å². The largest absolute Gasteiger partial charge is 0.465 e. The van der Waals surface area contributed by atoms with E-state index in [2.05, 4.69) is 13.8 Å². The molecule has 3 unspecified atom stereocenters. The van der Waals surface area contributed by atoms with Gasteiger partial charge in [0.25, 0.3) is 0 Å². The normalized spacial score (nSPS) is 22.3. The molecule has 1 saturated carbocycles. The summed E-state index contributed by atoms with van der Waals surface area (Å²) in [5.41, 5.74) is 0. The number of carbonyl (C=O) groups excluding carboxylic acids is 2. The summed E-state index contributed by atoms with van der Waals surface area (Å²) in [6.07, 6.45) is 4.63. The van der Waals surface area contributed by atoms with Crippen molar-refractivity contribution >= 4 is 11.9 Å². The third kappa shape index (κ3) is 7.79. The molecule has 0 bridgehead atoms. The maximum Gasteiger partial charge on any atom is 0.309 e. The van der Waals surface area contributed by atoms with Crippen LogP contribution in [0.15, 0.2) is 0 Å². The molecule has 0 radical (unpaired) electrons. The summed E-state index contributed by atoms with van der Waals surface area (Å²) in [5, 5.41) is 0. The third-order valence-corrected chi connectivity index (χ3v) is 5.07. The van der Waals surface area contributed by atoms with Gasteiger partial charge in [0.05, 0.1) is 25.6 Å². The summed E-state index contributed by atoms with van der Waals surface area (Å²) < 4.78 is 10.9. The molecular weight excluding hydrogens is 316 g/mol. The summed E-state index contributed by atoms with van der Waals surface area (Å²) in [7, 11) is 0. The molecule has 0 saturated heterocycles. The highest BCUT2D eigenvalue weighted by Gasteiger charge is 2.39. The Labute approximate surface area is 154 Å². The highest BCUT2D eigenvalue weighted by molar-refractivity contribution is 5.80. The van der Waals surface area contributed by atoms with E-state index in [0.717, 1.165) is 19.3 Å². The van der Waals surface area contributed by atoms with E-state index >= 15 is 0 Å². The Morgan fingerprint density at radius 3 is 1.88 bits per heavy atom. The van der Waals surface area contributed by atoms with E-state index in [1.807, 2.05) is 27.7 Å². The minimum Gasteiger partial charge on any atom is -0.465 e. The molecule has 1 aliphatic rings. The van der Waals surface area contributed by atoms with Crippen LogP contribution in [-0.2, 0) is 19.1 Å². The van der Waals surface area contributed by atoms with Crippen LogP contribution in [0.3, 0.4) is 0 Å². The van der Waals surface area contributed by atoms with Crippen molar-refractivity contribution in [2.45, 2.75) is 73.6 Å². The molecule has 4 heteroatoms. The summed E-state index contributed by atoms with van der Waals surface area (Å²) >= 11 is 0. The predicted molar refractivity (Wildman–Crippen MR) is 100.0 cm³/mol. The van der Waals surface area contributed by atoms with Gasteiger partial charge in [-0.25, -0.2) is 0 Å².